The summed E-state index contributed by atoms with van der Waals surface area (Å²) in [7, 11) is -3.37. The van der Waals surface area contributed by atoms with Crippen molar-refractivity contribution in [3.63, 3.8) is 0 Å². The number of rotatable bonds is 3. The predicted octanol–water partition coefficient (Wildman–Crippen LogP) is 0.0259. The summed E-state index contributed by atoms with van der Waals surface area (Å²) in [4.78, 5) is 0. The van der Waals surface area contributed by atoms with Gasteiger partial charge in [-0.3, -0.25) is 0 Å². The third-order valence-corrected chi connectivity index (χ3v) is 4.88. The maximum Gasteiger partial charge on any atom is 0.152 e. The molecule has 0 aliphatic heterocycles. The van der Waals surface area contributed by atoms with E-state index in [0.29, 0.717) is 5.56 Å². The maximum absolute atomic E-state index is 13.1. The zero-order chi connectivity index (χ0) is 12.8. The van der Waals surface area contributed by atoms with Crippen LogP contribution in [-0.4, -0.2) is 37.2 Å². The summed E-state index contributed by atoms with van der Waals surface area (Å²) in [6.07, 6.45) is 1.08. The van der Waals surface area contributed by atoms with Crippen LogP contribution in [0.3, 0.4) is 0 Å². The molecule has 0 heterocycles. The first-order chi connectivity index (χ1) is 7.80. The molecule has 0 amide bonds. The van der Waals surface area contributed by atoms with Gasteiger partial charge in [0.1, 0.15) is 5.82 Å². The van der Waals surface area contributed by atoms with E-state index in [9.17, 15) is 17.9 Å². The van der Waals surface area contributed by atoms with Crippen LogP contribution in [0.1, 0.15) is 11.5 Å². The molecule has 1 saturated carbocycles. The molecular formula is C11H14FNO3S. The standard InChI is InChI=1S/C11H14FNO3S/c1-17(15,16)10-9(11(10,13)6-14)7-3-2-4-8(12)5-7/h2-5,9-10,14H,6,13H2,1H3/t9-,10-,11-/m1/s1. The van der Waals surface area contributed by atoms with Crippen LogP contribution in [0.15, 0.2) is 24.3 Å². The van der Waals surface area contributed by atoms with Crippen LogP contribution >= 0.6 is 0 Å². The first-order valence-corrected chi connectivity index (χ1v) is 7.10. The normalized spacial score (nSPS) is 32.5. The Morgan fingerprint density at radius 2 is 2.18 bits per heavy atom. The smallest absolute Gasteiger partial charge is 0.152 e. The minimum atomic E-state index is -3.37. The second-order valence-electron chi connectivity index (χ2n) is 4.55. The highest BCUT2D eigenvalue weighted by Gasteiger charge is 2.67. The first kappa shape index (κ1) is 12.5. The Morgan fingerprint density at radius 3 is 2.59 bits per heavy atom. The summed E-state index contributed by atoms with van der Waals surface area (Å²) in [6, 6.07) is 5.65. The quantitative estimate of drug-likeness (QED) is 0.802. The minimum Gasteiger partial charge on any atom is -0.394 e. The molecule has 94 valence electrons. The van der Waals surface area contributed by atoms with Gasteiger partial charge in [0.25, 0.3) is 0 Å². The van der Waals surface area contributed by atoms with Crippen molar-refractivity contribution < 1.29 is 17.9 Å². The Morgan fingerprint density at radius 1 is 1.53 bits per heavy atom. The molecule has 0 radical (unpaired) electrons. The van der Waals surface area contributed by atoms with Crippen molar-refractivity contribution in [3.05, 3.63) is 35.6 Å². The minimum absolute atomic E-state index is 0.439. The van der Waals surface area contributed by atoms with Crippen LogP contribution < -0.4 is 5.73 Å². The van der Waals surface area contributed by atoms with E-state index in [4.69, 9.17) is 5.73 Å². The van der Waals surface area contributed by atoms with Crippen LogP contribution in [0.4, 0.5) is 4.39 Å². The van der Waals surface area contributed by atoms with Crippen molar-refractivity contribution >= 4 is 9.84 Å². The van der Waals surface area contributed by atoms with Gasteiger partial charge in [0.2, 0.25) is 0 Å². The molecule has 1 aromatic carbocycles. The topological polar surface area (TPSA) is 80.4 Å². The zero-order valence-corrected chi connectivity index (χ0v) is 10.1. The fourth-order valence-corrected chi connectivity index (χ4v) is 4.29. The van der Waals surface area contributed by atoms with Crippen molar-refractivity contribution in [2.75, 3.05) is 12.9 Å². The van der Waals surface area contributed by atoms with E-state index >= 15 is 0 Å². The lowest BCUT2D eigenvalue weighted by atomic mass is 10.1. The summed E-state index contributed by atoms with van der Waals surface area (Å²) in [5.74, 6) is -0.986. The van der Waals surface area contributed by atoms with Crippen molar-refractivity contribution in [3.8, 4) is 0 Å². The molecule has 1 fully saturated rings. The average Bonchev–Trinajstić information content (AvgIpc) is 2.86. The predicted molar refractivity (Wildman–Crippen MR) is 61.8 cm³/mol. The molecule has 1 aromatic rings. The van der Waals surface area contributed by atoms with E-state index in [1.54, 1.807) is 6.07 Å². The van der Waals surface area contributed by atoms with E-state index in [1.807, 2.05) is 0 Å². The Bertz CT molecular complexity index is 545. The number of halogens is 1. The van der Waals surface area contributed by atoms with Crippen molar-refractivity contribution in [1.29, 1.82) is 0 Å². The second-order valence-corrected chi connectivity index (χ2v) is 6.72. The van der Waals surface area contributed by atoms with Crippen molar-refractivity contribution in [2.24, 2.45) is 5.73 Å². The fraction of sp³-hybridized carbons (Fsp3) is 0.455. The Labute approximate surface area is 99.2 Å². The van der Waals surface area contributed by atoms with Crippen LogP contribution in [0, 0.1) is 5.82 Å². The van der Waals surface area contributed by atoms with Crippen LogP contribution in [0.5, 0.6) is 0 Å². The third kappa shape index (κ3) is 1.96. The Kier molecular flexibility index (Phi) is 2.76. The number of nitrogens with two attached hydrogens (primary N) is 1. The van der Waals surface area contributed by atoms with Gasteiger partial charge < -0.3 is 10.8 Å². The monoisotopic (exact) mass is 259 g/mol. The SMILES string of the molecule is CS(=O)(=O)[C@@H]1[C@@H](c2cccc(F)c2)[C@]1(N)CO. The van der Waals surface area contributed by atoms with Crippen LogP contribution in [-0.2, 0) is 9.84 Å². The largest absolute Gasteiger partial charge is 0.394 e. The van der Waals surface area contributed by atoms with Gasteiger partial charge in [-0.2, -0.15) is 0 Å². The summed E-state index contributed by atoms with van der Waals surface area (Å²) in [5.41, 5.74) is 5.17. The first-order valence-electron chi connectivity index (χ1n) is 5.15. The lowest BCUT2D eigenvalue weighted by Crippen LogP contribution is -2.34. The fourth-order valence-electron chi connectivity index (χ4n) is 2.44. The van der Waals surface area contributed by atoms with Crippen LogP contribution in [0.25, 0.3) is 0 Å². The number of hydrogen-bond acceptors (Lipinski definition) is 4. The molecular weight excluding hydrogens is 245 g/mol. The van der Waals surface area contributed by atoms with Gasteiger partial charge in [-0.05, 0) is 17.7 Å². The van der Waals surface area contributed by atoms with Gasteiger partial charge in [0.05, 0.1) is 17.4 Å². The lowest BCUT2D eigenvalue weighted by Gasteiger charge is -2.06. The molecule has 0 aromatic heterocycles. The van der Waals surface area contributed by atoms with Crippen molar-refractivity contribution in [2.45, 2.75) is 16.7 Å². The number of aliphatic hydroxyl groups is 1. The molecule has 0 bridgehead atoms. The molecule has 4 nitrogen and oxygen atoms in total. The van der Waals surface area contributed by atoms with Gasteiger partial charge in [-0.25, -0.2) is 12.8 Å². The number of hydrogen-bond donors (Lipinski definition) is 2. The lowest BCUT2D eigenvalue weighted by molar-refractivity contribution is 0.253. The van der Waals surface area contributed by atoms with E-state index in [0.717, 1.165) is 6.26 Å². The van der Waals surface area contributed by atoms with E-state index < -0.39 is 39.0 Å². The summed E-state index contributed by atoms with van der Waals surface area (Å²) in [5, 5.41) is 8.37. The van der Waals surface area contributed by atoms with Gasteiger partial charge >= 0.3 is 0 Å². The molecule has 0 unspecified atom stereocenters. The highest BCUT2D eigenvalue weighted by atomic mass is 32.2. The molecule has 6 heteroatoms. The number of benzene rings is 1. The molecule has 2 rings (SSSR count). The molecule has 3 atom stereocenters. The second kappa shape index (κ2) is 3.76. The number of sulfone groups is 1. The van der Waals surface area contributed by atoms with Gasteiger partial charge in [0.15, 0.2) is 9.84 Å². The van der Waals surface area contributed by atoms with E-state index in [-0.39, 0.29) is 0 Å². The van der Waals surface area contributed by atoms with Gasteiger partial charge in [0, 0.05) is 12.2 Å². The van der Waals surface area contributed by atoms with Gasteiger partial charge in [-0.15, -0.1) is 0 Å². The highest BCUT2D eigenvalue weighted by molar-refractivity contribution is 7.91. The van der Waals surface area contributed by atoms with E-state index in [2.05, 4.69) is 0 Å². The van der Waals surface area contributed by atoms with E-state index in [1.165, 1.54) is 18.2 Å². The number of aliphatic hydroxyl groups excluding tert-OH is 1. The Hall–Kier alpha value is -0.980. The summed E-state index contributed by atoms with van der Waals surface area (Å²) in [6.45, 7) is -0.439. The van der Waals surface area contributed by atoms with Crippen LogP contribution in [0.2, 0.25) is 0 Å². The highest BCUT2D eigenvalue weighted by Crippen LogP contribution is 2.53. The molecule has 1 aliphatic rings. The molecule has 1 aliphatic carbocycles. The molecule has 0 saturated heterocycles. The molecule has 3 N–H and O–H groups in total. The maximum atomic E-state index is 13.1. The average molecular weight is 259 g/mol. The molecule has 17 heavy (non-hydrogen) atoms. The van der Waals surface area contributed by atoms with Crippen molar-refractivity contribution in [1.82, 2.24) is 0 Å². The summed E-state index contributed by atoms with van der Waals surface area (Å²) < 4.78 is 36.2. The summed E-state index contributed by atoms with van der Waals surface area (Å²) >= 11 is 0. The van der Waals surface area contributed by atoms with Gasteiger partial charge in [-0.1, -0.05) is 12.1 Å². The zero-order valence-electron chi connectivity index (χ0n) is 9.30. The third-order valence-electron chi connectivity index (χ3n) is 3.25. The molecule has 0 spiro atoms. The Balaban J connectivity index is 2.41.